The molecule has 21 heavy (non-hydrogen) atoms. The van der Waals surface area contributed by atoms with Gasteiger partial charge in [0.05, 0.1) is 0 Å². The van der Waals surface area contributed by atoms with E-state index in [9.17, 15) is 9.90 Å². The van der Waals surface area contributed by atoms with Crippen LogP contribution in [-0.4, -0.2) is 48.1 Å². The van der Waals surface area contributed by atoms with E-state index < -0.39 is 6.10 Å². The number of aliphatic hydroxyl groups is 1. The molecule has 1 atom stereocenters. The van der Waals surface area contributed by atoms with Crippen molar-refractivity contribution in [2.24, 2.45) is 0 Å². The predicted octanol–water partition coefficient (Wildman–Crippen LogP) is 2.75. The topological polar surface area (TPSA) is 49.8 Å². The first-order valence-corrected chi connectivity index (χ1v) is 7.71. The van der Waals surface area contributed by atoms with Crippen LogP contribution >= 0.6 is 0 Å². The van der Waals surface area contributed by atoms with Gasteiger partial charge in [-0.2, -0.15) is 0 Å². The highest BCUT2D eigenvalue weighted by Crippen LogP contribution is 2.13. The van der Waals surface area contributed by atoms with Gasteiger partial charge in [-0.25, -0.2) is 0 Å². The fraction of sp³-hybridized carbons (Fsp3) is 0.588. The van der Waals surface area contributed by atoms with Gasteiger partial charge in [-0.3, -0.25) is 4.79 Å². The van der Waals surface area contributed by atoms with Gasteiger partial charge in [0.25, 0.3) is 0 Å². The number of nitrogens with zero attached hydrogens (tertiary/aromatic N) is 1. The number of benzene rings is 1. The number of carbonyl (C=O) groups excluding carboxylic acids is 1. The molecule has 1 aromatic carbocycles. The van der Waals surface area contributed by atoms with E-state index in [0.717, 1.165) is 25.9 Å². The molecule has 0 heterocycles. The zero-order valence-electron chi connectivity index (χ0n) is 13.3. The predicted molar refractivity (Wildman–Crippen MR) is 85.0 cm³/mol. The van der Waals surface area contributed by atoms with Gasteiger partial charge in [-0.1, -0.05) is 20.3 Å². The summed E-state index contributed by atoms with van der Waals surface area (Å²) in [6, 6.07) is 7.00. The molecule has 1 N–H and O–H groups in total. The zero-order valence-corrected chi connectivity index (χ0v) is 13.3. The molecule has 0 aliphatic carbocycles. The summed E-state index contributed by atoms with van der Waals surface area (Å²) < 4.78 is 5.56. The van der Waals surface area contributed by atoms with Crippen molar-refractivity contribution in [3.8, 4) is 5.75 Å². The Hall–Kier alpha value is -1.39. The smallest absolute Gasteiger partial charge is 0.159 e. The molecule has 0 aromatic heterocycles. The van der Waals surface area contributed by atoms with Gasteiger partial charge in [0.15, 0.2) is 5.78 Å². The van der Waals surface area contributed by atoms with E-state index >= 15 is 0 Å². The molecule has 0 saturated heterocycles. The van der Waals surface area contributed by atoms with E-state index in [-0.39, 0.29) is 12.4 Å². The van der Waals surface area contributed by atoms with Gasteiger partial charge >= 0.3 is 0 Å². The number of ether oxygens (including phenoxy) is 1. The Morgan fingerprint density at radius 2 is 1.95 bits per heavy atom. The summed E-state index contributed by atoms with van der Waals surface area (Å²) in [6.07, 6.45) is 1.80. The van der Waals surface area contributed by atoms with E-state index in [2.05, 4.69) is 18.7 Å². The minimum absolute atomic E-state index is 0.0381. The average Bonchev–Trinajstić information content (AvgIpc) is 2.49. The summed E-state index contributed by atoms with van der Waals surface area (Å²) in [7, 11) is 0. The van der Waals surface area contributed by atoms with Crippen LogP contribution in [0.5, 0.6) is 5.75 Å². The summed E-state index contributed by atoms with van der Waals surface area (Å²) in [5.41, 5.74) is 0.666. The lowest BCUT2D eigenvalue weighted by Gasteiger charge is -2.23. The third-order valence-electron chi connectivity index (χ3n) is 3.45. The van der Waals surface area contributed by atoms with Crippen molar-refractivity contribution in [3.05, 3.63) is 29.8 Å². The molecule has 0 unspecified atom stereocenters. The van der Waals surface area contributed by atoms with E-state index in [0.29, 0.717) is 17.9 Å². The maximum Gasteiger partial charge on any atom is 0.159 e. The third-order valence-corrected chi connectivity index (χ3v) is 3.45. The number of Topliss-reactive ketones (excluding diaryl/α,β-unsaturated/α-hetero) is 1. The van der Waals surface area contributed by atoms with Gasteiger partial charge in [-0.15, -0.1) is 0 Å². The molecule has 1 rings (SSSR count). The standard InChI is InChI=1S/C17H27NO3/c1-4-6-11-18(5-2)12-16(20)13-21-17-9-7-15(8-10-17)14(3)19/h7-10,16,20H,4-6,11-13H2,1-3H3/t16-/m0/s1. The Morgan fingerprint density at radius 3 is 2.48 bits per heavy atom. The molecule has 1 aromatic rings. The van der Waals surface area contributed by atoms with E-state index in [4.69, 9.17) is 4.74 Å². The lowest BCUT2D eigenvalue weighted by Crippen LogP contribution is -2.36. The largest absolute Gasteiger partial charge is 0.491 e. The summed E-state index contributed by atoms with van der Waals surface area (Å²) in [5, 5.41) is 10.0. The van der Waals surface area contributed by atoms with Crippen LogP contribution in [0.1, 0.15) is 44.0 Å². The van der Waals surface area contributed by atoms with Crippen LogP contribution in [0.4, 0.5) is 0 Å². The number of rotatable bonds is 10. The highest BCUT2D eigenvalue weighted by atomic mass is 16.5. The minimum atomic E-state index is -0.505. The maximum atomic E-state index is 11.2. The first-order chi connectivity index (χ1) is 10.1. The van der Waals surface area contributed by atoms with E-state index in [1.165, 1.54) is 6.92 Å². The lowest BCUT2D eigenvalue weighted by molar-refractivity contribution is 0.0694. The first kappa shape index (κ1) is 17.7. The maximum absolute atomic E-state index is 11.2. The Kier molecular flexibility index (Phi) is 8.01. The van der Waals surface area contributed by atoms with Crippen molar-refractivity contribution >= 4 is 5.78 Å². The summed E-state index contributed by atoms with van der Waals surface area (Å²) in [4.78, 5) is 13.4. The van der Waals surface area contributed by atoms with Crippen LogP contribution in [0.3, 0.4) is 0 Å². The molecule has 0 aliphatic rings. The molecule has 0 bridgehead atoms. The molecule has 0 spiro atoms. The van der Waals surface area contributed by atoms with Crippen molar-refractivity contribution in [3.63, 3.8) is 0 Å². The summed E-state index contributed by atoms with van der Waals surface area (Å²) >= 11 is 0. The Morgan fingerprint density at radius 1 is 1.29 bits per heavy atom. The molecular weight excluding hydrogens is 266 g/mol. The molecule has 4 heteroatoms. The highest BCUT2D eigenvalue weighted by Gasteiger charge is 2.11. The minimum Gasteiger partial charge on any atom is -0.491 e. The van der Waals surface area contributed by atoms with Gasteiger partial charge < -0.3 is 14.7 Å². The Labute approximate surface area is 127 Å². The van der Waals surface area contributed by atoms with Crippen LogP contribution in [0.2, 0.25) is 0 Å². The van der Waals surface area contributed by atoms with E-state index in [1.807, 2.05) is 0 Å². The van der Waals surface area contributed by atoms with Crippen molar-refractivity contribution < 1.29 is 14.6 Å². The normalized spacial score (nSPS) is 12.4. The van der Waals surface area contributed by atoms with Crippen LogP contribution < -0.4 is 4.74 Å². The highest BCUT2D eigenvalue weighted by molar-refractivity contribution is 5.94. The van der Waals surface area contributed by atoms with Crippen LogP contribution in [0.15, 0.2) is 24.3 Å². The van der Waals surface area contributed by atoms with Crippen molar-refractivity contribution in [2.75, 3.05) is 26.2 Å². The van der Waals surface area contributed by atoms with Gasteiger partial charge in [-0.05, 0) is 50.7 Å². The third kappa shape index (κ3) is 6.74. The fourth-order valence-corrected chi connectivity index (χ4v) is 2.09. The quantitative estimate of drug-likeness (QED) is 0.674. The molecule has 0 amide bonds. The Balaban J connectivity index is 2.37. The second-order valence-corrected chi connectivity index (χ2v) is 5.29. The molecule has 0 saturated carbocycles. The average molecular weight is 293 g/mol. The van der Waals surface area contributed by atoms with Crippen LogP contribution in [0, 0.1) is 0 Å². The molecule has 4 nitrogen and oxygen atoms in total. The number of likely N-dealkylation sites (N-methyl/N-ethyl adjacent to an activating group) is 1. The number of hydrogen-bond acceptors (Lipinski definition) is 4. The summed E-state index contributed by atoms with van der Waals surface area (Å²) in [5.74, 6) is 0.715. The number of hydrogen-bond donors (Lipinski definition) is 1. The van der Waals surface area contributed by atoms with Gasteiger partial charge in [0, 0.05) is 12.1 Å². The number of aliphatic hydroxyl groups excluding tert-OH is 1. The fourth-order valence-electron chi connectivity index (χ4n) is 2.09. The Bertz CT molecular complexity index is 417. The van der Waals surface area contributed by atoms with E-state index in [1.54, 1.807) is 24.3 Å². The second-order valence-electron chi connectivity index (χ2n) is 5.29. The van der Waals surface area contributed by atoms with Crippen LogP contribution in [-0.2, 0) is 0 Å². The zero-order chi connectivity index (χ0) is 15.7. The molecular formula is C17H27NO3. The van der Waals surface area contributed by atoms with Gasteiger partial charge in [0.1, 0.15) is 18.5 Å². The summed E-state index contributed by atoms with van der Waals surface area (Å²) in [6.45, 7) is 8.64. The molecule has 0 radical (unpaired) electrons. The van der Waals surface area contributed by atoms with Gasteiger partial charge in [0.2, 0.25) is 0 Å². The molecule has 0 aliphatic heterocycles. The lowest BCUT2D eigenvalue weighted by atomic mass is 10.1. The molecule has 118 valence electrons. The number of ketones is 1. The monoisotopic (exact) mass is 293 g/mol. The molecule has 0 fully saturated rings. The second kappa shape index (κ2) is 9.53. The van der Waals surface area contributed by atoms with Crippen molar-refractivity contribution in [1.82, 2.24) is 4.90 Å². The number of carbonyl (C=O) groups is 1. The van der Waals surface area contributed by atoms with Crippen molar-refractivity contribution in [1.29, 1.82) is 0 Å². The first-order valence-electron chi connectivity index (χ1n) is 7.71. The SMILES string of the molecule is CCCCN(CC)C[C@H](O)COc1ccc(C(C)=O)cc1. The van der Waals surface area contributed by atoms with Crippen LogP contribution in [0.25, 0.3) is 0 Å². The number of unbranched alkanes of at least 4 members (excludes halogenated alkanes) is 1. The van der Waals surface area contributed by atoms with Crippen molar-refractivity contribution in [2.45, 2.75) is 39.7 Å².